The molecule has 0 N–H and O–H groups in total. The molecule has 0 saturated heterocycles. The normalized spacial score (nSPS) is 46.9. The fourth-order valence-electron chi connectivity index (χ4n) is 2.94. The van der Waals surface area contributed by atoms with Gasteiger partial charge in [-0.1, -0.05) is 27.7 Å². The molecular weight excluding hydrogens is 132 g/mol. The van der Waals surface area contributed by atoms with Gasteiger partial charge in [0.25, 0.3) is 0 Å². The standard InChI is InChI=1S/C7H10.2C2H6/c1-2-5-6-3-4(1)7(5)6;2*1-2/h4-7H,1-3H2;2*1-2H3. The maximum atomic E-state index is 2.00. The first-order valence-corrected chi connectivity index (χ1v) is 5.47. The minimum Gasteiger partial charge on any atom is -0.0683 e. The van der Waals surface area contributed by atoms with E-state index >= 15 is 0 Å². The van der Waals surface area contributed by atoms with Gasteiger partial charge in [-0.2, -0.15) is 0 Å². The third-order valence-electron chi connectivity index (χ3n) is 3.39. The lowest BCUT2D eigenvalue weighted by Crippen LogP contribution is -2.14. The Kier molecular flexibility index (Phi) is 2.98. The molecule has 0 aliphatic heterocycles. The van der Waals surface area contributed by atoms with Crippen LogP contribution in [0.15, 0.2) is 0 Å². The molecule has 4 unspecified atom stereocenters. The first-order valence-electron chi connectivity index (χ1n) is 5.47. The van der Waals surface area contributed by atoms with Crippen molar-refractivity contribution in [3.8, 4) is 0 Å². The molecule has 0 heterocycles. The Hall–Kier alpha value is 0. The van der Waals surface area contributed by atoms with Crippen molar-refractivity contribution in [3.05, 3.63) is 0 Å². The first-order chi connectivity index (χ1) is 5.47. The maximum Gasteiger partial charge on any atom is -0.0323 e. The van der Waals surface area contributed by atoms with Gasteiger partial charge in [-0.05, 0) is 42.9 Å². The van der Waals surface area contributed by atoms with Crippen LogP contribution in [0.4, 0.5) is 0 Å². The molecular formula is C11H22. The van der Waals surface area contributed by atoms with Gasteiger partial charge < -0.3 is 0 Å². The molecule has 0 bridgehead atoms. The lowest BCUT2D eigenvalue weighted by Gasteiger charge is -2.23. The molecule has 3 fully saturated rings. The van der Waals surface area contributed by atoms with Crippen LogP contribution < -0.4 is 0 Å². The van der Waals surface area contributed by atoms with Crippen LogP contribution in [0.5, 0.6) is 0 Å². The van der Waals surface area contributed by atoms with Gasteiger partial charge in [-0.15, -0.1) is 0 Å². The lowest BCUT2D eigenvalue weighted by atomic mass is 9.82. The lowest BCUT2D eigenvalue weighted by molar-refractivity contribution is 0.270. The topological polar surface area (TPSA) is 0 Å². The number of rotatable bonds is 0. The van der Waals surface area contributed by atoms with Gasteiger partial charge >= 0.3 is 0 Å². The van der Waals surface area contributed by atoms with Crippen molar-refractivity contribution in [2.24, 2.45) is 23.7 Å². The molecule has 0 heteroatoms. The summed E-state index contributed by atoms with van der Waals surface area (Å²) in [4.78, 5) is 0. The zero-order valence-electron chi connectivity index (χ0n) is 8.43. The van der Waals surface area contributed by atoms with Crippen molar-refractivity contribution in [1.82, 2.24) is 0 Å². The number of fused-ring (bicyclic) bond motifs is 1. The third kappa shape index (κ3) is 1.21. The Balaban J connectivity index is 0.000000136. The Labute approximate surface area is 71.4 Å². The molecule has 0 nitrogen and oxygen atoms in total. The van der Waals surface area contributed by atoms with Gasteiger partial charge in [-0.25, -0.2) is 0 Å². The number of hydrogen-bond donors (Lipinski definition) is 0. The van der Waals surface area contributed by atoms with Gasteiger partial charge in [0.2, 0.25) is 0 Å². The SMILES string of the molecule is C1CC2C3CC1C23.CC.CC. The summed E-state index contributed by atoms with van der Waals surface area (Å²) >= 11 is 0. The van der Waals surface area contributed by atoms with Gasteiger partial charge in [0.1, 0.15) is 0 Å². The minimum absolute atomic E-state index is 1.23. The second-order valence-electron chi connectivity index (χ2n) is 3.48. The molecule has 0 aromatic carbocycles. The highest BCUT2D eigenvalue weighted by Crippen LogP contribution is 2.72. The van der Waals surface area contributed by atoms with E-state index in [4.69, 9.17) is 0 Å². The maximum absolute atomic E-state index is 2.00. The van der Waals surface area contributed by atoms with Crippen LogP contribution in [-0.2, 0) is 0 Å². The van der Waals surface area contributed by atoms with Crippen LogP contribution in [0.1, 0.15) is 47.0 Å². The Morgan fingerprint density at radius 2 is 1.45 bits per heavy atom. The largest absolute Gasteiger partial charge is 0.0683 e. The fraction of sp³-hybridized carbons (Fsp3) is 1.00. The van der Waals surface area contributed by atoms with Crippen LogP contribution in [0, 0.1) is 23.7 Å². The van der Waals surface area contributed by atoms with E-state index < -0.39 is 0 Å². The summed E-state index contributed by atoms with van der Waals surface area (Å²) in [5.74, 6) is 5.03. The van der Waals surface area contributed by atoms with E-state index in [1.165, 1.54) is 23.7 Å². The van der Waals surface area contributed by atoms with E-state index in [2.05, 4.69) is 0 Å². The highest BCUT2D eigenvalue weighted by atomic mass is 14.7. The van der Waals surface area contributed by atoms with E-state index in [0.29, 0.717) is 0 Å². The highest BCUT2D eigenvalue weighted by molar-refractivity contribution is 5.14. The highest BCUT2D eigenvalue weighted by Gasteiger charge is 2.65. The van der Waals surface area contributed by atoms with E-state index in [0.717, 1.165) is 0 Å². The minimum atomic E-state index is 1.23. The molecule has 3 aliphatic rings. The summed E-state index contributed by atoms with van der Waals surface area (Å²) in [6, 6.07) is 0. The second kappa shape index (κ2) is 3.60. The summed E-state index contributed by atoms with van der Waals surface area (Å²) < 4.78 is 0. The zero-order chi connectivity index (χ0) is 8.43. The van der Waals surface area contributed by atoms with Gasteiger partial charge in [0.05, 0.1) is 0 Å². The zero-order valence-corrected chi connectivity index (χ0v) is 8.43. The van der Waals surface area contributed by atoms with Crippen LogP contribution in [0.25, 0.3) is 0 Å². The van der Waals surface area contributed by atoms with Crippen LogP contribution in [0.2, 0.25) is 0 Å². The summed E-state index contributed by atoms with van der Waals surface area (Å²) in [5, 5.41) is 0. The van der Waals surface area contributed by atoms with Crippen molar-refractivity contribution >= 4 is 0 Å². The van der Waals surface area contributed by atoms with E-state index in [1.54, 1.807) is 19.3 Å². The Bertz CT molecular complexity index is 104. The van der Waals surface area contributed by atoms with Crippen molar-refractivity contribution in [3.63, 3.8) is 0 Å². The van der Waals surface area contributed by atoms with Crippen molar-refractivity contribution in [2.45, 2.75) is 47.0 Å². The third-order valence-corrected chi connectivity index (χ3v) is 3.39. The average Bonchev–Trinajstić information content (AvgIpc) is 2.52. The molecule has 0 spiro atoms. The summed E-state index contributed by atoms with van der Waals surface area (Å²) in [7, 11) is 0. The molecule has 3 rings (SSSR count). The fourth-order valence-corrected chi connectivity index (χ4v) is 2.94. The van der Waals surface area contributed by atoms with E-state index in [9.17, 15) is 0 Å². The molecule has 3 saturated carbocycles. The average molecular weight is 154 g/mol. The summed E-state index contributed by atoms with van der Waals surface area (Å²) in [6.45, 7) is 8.00. The van der Waals surface area contributed by atoms with Gasteiger partial charge in [-0.3, -0.25) is 0 Å². The molecule has 0 aromatic rings. The molecule has 0 aromatic heterocycles. The first kappa shape index (κ1) is 9.09. The summed E-state index contributed by atoms with van der Waals surface area (Å²) in [6.07, 6.45) is 4.81. The summed E-state index contributed by atoms with van der Waals surface area (Å²) in [5.41, 5.74) is 0. The van der Waals surface area contributed by atoms with Gasteiger partial charge in [0.15, 0.2) is 0 Å². The van der Waals surface area contributed by atoms with Crippen molar-refractivity contribution < 1.29 is 0 Å². The molecule has 0 amide bonds. The van der Waals surface area contributed by atoms with Crippen LogP contribution >= 0.6 is 0 Å². The van der Waals surface area contributed by atoms with E-state index in [1.807, 2.05) is 27.7 Å². The van der Waals surface area contributed by atoms with Crippen molar-refractivity contribution in [2.75, 3.05) is 0 Å². The van der Waals surface area contributed by atoms with Crippen LogP contribution in [-0.4, -0.2) is 0 Å². The molecule has 0 radical (unpaired) electrons. The monoisotopic (exact) mass is 154 g/mol. The second-order valence-corrected chi connectivity index (χ2v) is 3.48. The molecule has 66 valence electrons. The number of hydrogen-bond acceptors (Lipinski definition) is 0. The predicted molar refractivity (Wildman–Crippen MR) is 50.5 cm³/mol. The van der Waals surface area contributed by atoms with E-state index in [-0.39, 0.29) is 0 Å². The van der Waals surface area contributed by atoms with Gasteiger partial charge in [0, 0.05) is 0 Å². The molecule has 11 heavy (non-hydrogen) atoms. The predicted octanol–water partition coefficient (Wildman–Crippen LogP) is 3.71. The Morgan fingerprint density at radius 1 is 0.818 bits per heavy atom. The quantitative estimate of drug-likeness (QED) is 0.499. The Morgan fingerprint density at radius 3 is 1.55 bits per heavy atom. The smallest absolute Gasteiger partial charge is 0.0323 e. The van der Waals surface area contributed by atoms with Crippen molar-refractivity contribution in [1.29, 1.82) is 0 Å². The molecule has 3 aliphatic carbocycles. The molecule has 4 atom stereocenters. The van der Waals surface area contributed by atoms with Crippen LogP contribution in [0.3, 0.4) is 0 Å².